The molecule has 0 saturated heterocycles. The largest absolute Gasteiger partial charge is 0.490 e. The van der Waals surface area contributed by atoms with Gasteiger partial charge in [0.1, 0.15) is 5.75 Å². The zero-order valence-electron chi connectivity index (χ0n) is 11.3. The fourth-order valence-electron chi connectivity index (χ4n) is 2.69. The predicted octanol–water partition coefficient (Wildman–Crippen LogP) is 4.65. The van der Waals surface area contributed by atoms with Crippen molar-refractivity contribution in [1.29, 1.82) is 0 Å². The fourth-order valence-corrected chi connectivity index (χ4v) is 2.69. The van der Waals surface area contributed by atoms with Crippen LogP contribution in [0.4, 0.5) is 0 Å². The minimum atomic E-state index is 0.443. The first kappa shape index (κ1) is 12.5. The van der Waals surface area contributed by atoms with Gasteiger partial charge in [-0.1, -0.05) is 25.5 Å². The summed E-state index contributed by atoms with van der Waals surface area (Å²) in [6.45, 7) is 6.61. The normalized spacial score (nSPS) is 24.6. The van der Waals surface area contributed by atoms with Crippen LogP contribution in [0.5, 0.6) is 5.75 Å². The standard InChI is InChI=1S/C16H24O/c1-4-14-8-10-15(11-9-14)17-16-7-5-6-12(2)13(16)3/h5-7,14-15H,4,8-11H2,1-3H3. The molecule has 2 rings (SSSR count). The molecule has 1 fully saturated rings. The zero-order valence-corrected chi connectivity index (χ0v) is 11.3. The van der Waals surface area contributed by atoms with Gasteiger partial charge in [-0.3, -0.25) is 0 Å². The van der Waals surface area contributed by atoms with Gasteiger partial charge in [0.05, 0.1) is 6.10 Å². The molecule has 1 aromatic carbocycles. The number of rotatable bonds is 3. The third-order valence-corrected chi connectivity index (χ3v) is 4.22. The third kappa shape index (κ3) is 3.02. The molecule has 0 aromatic heterocycles. The van der Waals surface area contributed by atoms with Crippen LogP contribution in [0.1, 0.15) is 50.2 Å². The molecule has 0 amide bonds. The molecule has 0 aliphatic heterocycles. The van der Waals surface area contributed by atoms with Crippen molar-refractivity contribution in [1.82, 2.24) is 0 Å². The van der Waals surface area contributed by atoms with Gasteiger partial charge in [-0.05, 0) is 62.6 Å². The van der Waals surface area contributed by atoms with Gasteiger partial charge in [-0.2, -0.15) is 0 Å². The SMILES string of the molecule is CCC1CCC(Oc2cccc(C)c2C)CC1. The quantitative estimate of drug-likeness (QED) is 0.737. The molecular weight excluding hydrogens is 208 g/mol. The van der Waals surface area contributed by atoms with Crippen LogP contribution in [0.15, 0.2) is 18.2 Å². The molecule has 1 aliphatic rings. The second-order valence-electron chi connectivity index (χ2n) is 5.37. The molecule has 1 nitrogen and oxygen atoms in total. The first-order valence-electron chi connectivity index (χ1n) is 6.93. The van der Waals surface area contributed by atoms with Crippen LogP contribution in [-0.4, -0.2) is 6.10 Å². The maximum Gasteiger partial charge on any atom is 0.122 e. The minimum Gasteiger partial charge on any atom is -0.490 e. The molecule has 0 spiro atoms. The zero-order chi connectivity index (χ0) is 12.3. The van der Waals surface area contributed by atoms with Gasteiger partial charge < -0.3 is 4.74 Å². The summed E-state index contributed by atoms with van der Waals surface area (Å²) < 4.78 is 6.16. The van der Waals surface area contributed by atoms with Crippen molar-refractivity contribution in [2.75, 3.05) is 0 Å². The Hall–Kier alpha value is -0.980. The van der Waals surface area contributed by atoms with Crippen molar-refractivity contribution in [3.8, 4) is 5.75 Å². The van der Waals surface area contributed by atoms with Gasteiger partial charge in [0.2, 0.25) is 0 Å². The van der Waals surface area contributed by atoms with Crippen molar-refractivity contribution in [3.63, 3.8) is 0 Å². The summed E-state index contributed by atoms with van der Waals surface area (Å²) in [5.74, 6) is 2.03. The maximum absolute atomic E-state index is 6.16. The summed E-state index contributed by atoms with van der Waals surface area (Å²) in [5.41, 5.74) is 2.62. The first-order chi connectivity index (χ1) is 8.20. The van der Waals surface area contributed by atoms with Crippen LogP contribution in [-0.2, 0) is 0 Å². The summed E-state index contributed by atoms with van der Waals surface area (Å²) in [6.07, 6.45) is 6.91. The second kappa shape index (κ2) is 5.57. The summed E-state index contributed by atoms with van der Waals surface area (Å²) in [4.78, 5) is 0. The lowest BCUT2D eigenvalue weighted by atomic mass is 9.86. The monoisotopic (exact) mass is 232 g/mol. The molecule has 0 radical (unpaired) electrons. The number of hydrogen-bond donors (Lipinski definition) is 0. The Bertz CT molecular complexity index is 362. The van der Waals surface area contributed by atoms with E-state index >= 15 is 0 Å². The van der Waals surface area contributed by atoms with E-state index in [4.69, 9.17) is 4.74 Å². The Morgan fingerprint density at radius 1 is 1.12 bits per heavy atom. The molecule has 1 heteroatoms. The molecule has 0 heterocycles. The highest BCUT2D eigenvalue weighted by Gasteiger charge is 2.21. The van der Waals surface area contributed by atoms with E-state index in [9.17, 15) is 0 Å². The van der Waals surface area contributed by atoms with E-state index in [-0.39, 0.29) is 0 Å². The van der Waals surface area contributed by atoms with Crippen molar-refractivity contribution >= 4 is 0 Å². The second-order valence-corrected chi connectivity index (χ2v) is 5.37. The lowest BCUT2D eigenvalue weighted by Gasteiger charge is -2.29. The van der Waals surface area contributed by atoms with Crippen LogP contribution < -0.4 is 4.74 Å². The summed E-state index contributed by atoms with van der Waals surface area (Å²) in [7, 11) is 0. The van der Waals surface area contributed by atoms with Crippen molar-refractivity contribution in [3.05, 3.63) is 29.3 Å². The lowest BCUT2D eigenvalue weighted by molar-refractivity contribution is 0.129. The van der Waals surface area contributed by atoms with Gasteiger partial charge in [0.15, 0.2) is 0 Å². The van der Waals surface area contributed by atoms with Gasteiger partial charge >= 0.3 is 0 Å². The molecule has 0 N–H and O–H groups in total. The van der Waals surface area contributed by atoms with Gasteiger partial charge in [-0.25, -0.2) is 0 Å². The fraction of sp³-hybridized carbons (Fsp3) is 0.625. The van der Waals surface area contributed by atoms with Crippen LogP contribution in [0.25, 0.3) is 0 Å². The van der Waals surface area contributed by atoms with E-state index < -0.39 is 0 Å². The molecule has 1 aromatic rings. The lowest BCUT2D eigenvalue weighted by Crippen LogP contribution is -2.24. The van der Waals surface area contributed by atoms with E-state index in [1.165, 1.54) is 43.2 Å². The molecule has 0 atom stereocenters. The van der Waals surface area contributed by atoms with Gasteiger partial charge in [0.25, 0.3) is 0 Å². The number of hydrogen-bond acceptors (Lipinski definition) is 1. The Balaban J connectivity index is 1.95. The molecule has 17 heavy (non-hydrogen) atoms. The van der Waals surface area contributed by atoms with Crippen molar-refractivity contribution in [2.24, 2.45) is 5.92 Å². The van der Waals surface area contributed by atoms with Gasteiger partial charge in [-0.15, -0.1) is 0 Å². The number of ether oxygens (including phenoxy) is 1. The third-order valence-electron chi connectivity index (χ3n) is 4.22. The maximum atomic E-state index is 6.16. The average Bonchev–Trinajstić information content (AvgIpc) is 2.36. The molecule has 0 bridgehead atoms. The summed E-state index contributed by atoms with van der Waals surface area (Å²) in [6, 6.07) is 6.35. The van der Waals surface area contributed by atoms with E-state index in [0.29, 0.717) is 6.10 Å². The highest BCUT2D eigenvalue weighted by molar-refractivity contribution is 5.38. The molecule has 1 saturated carbocycles. The number of benzene rings is 1. The minimum absolute atomic E-state index is 0.443. The van der Waals surface area contributed by atoms with E-state index in [1.54, 1.807) is 0 Å². The Labute approximate surface area is 105 Å². The number of aryl methyl sites for hydroxylation is 1. The van der Waals surface area contributed by atoms with E-state index in [2.05, 4.69) is 39.0 Å². The highest BCUT2D eigenvalue weighted by Crippen LogP contribution is 2.30. The average molecular weight is 232 g/mol. The smallest absolute Gasteiger partial charge is 0.122 e. The van der Waals surface area contributed by atoms with E-state index in [0.717, 1.165) is 11.7 Å². The van der Waals surface area contributed by atoms with Gasteiger partial charge in [0, 0.05) is 0 Å². The van der Waals surface area contributed by atoms with Crippen molar-refractivity contribution in [2.45, 2.75) is 59.0 Å². The molecule has 94 valence electrons. The Morgan fingerprint density at radius 3 is 2.47 bits per heavy atom. The molecule has 0 unspecified atom stereocenters. The Kier molecular flexibility index (Phi) is 4.09. The molecule has 1 aliphatic carbocycles. The summed E-state index contributed by atoms with van der Waals surface area (Å²) in [5, 5.41) is 0. The van der Waals surface area contributed by atoms with Crippen molar-refractivity contribution < 1.29 is 4.74 Å². The van der Waals surface area contributed by atoms with Crippen LogP contribution in [0, 0.1) is 19.8 Å². The molecular formula is C16H24O. The Morgan fingerprint density at radius 2 is 1.82 bits per heavy atom. The van der Waals surface area contributed by atoms with Crippen LogP contribution in [0.2, 0.25) is 0 Å². The first-order valence-corrected chi connectivity index (χ1v) is 6.93. The van der Waals surface area contributed by atoms with Crippen LogP contribution >= 0.6 is 0 Å². The summed E-state index contributed by atoms with van der Waals surface area (Å²) >= 11 is 0. The van der Waals surface area contributed by atoms with Crippen LogP contribution in [0.3, 0.4) is 0 Å². The van der Waals surface area contributed by atoms with E-state index in [1.807, 2.05) is 0 Å². The topological polar surface area (TPSA) is 9.23 Å². The highest BCUT2D eigenvalue weighted by atomic mass is 16.5. The predicted molar refractivity (Wildman–Crippen MR) is 72.6 cm³/mol.